The van der Waals surface area contributed by atoms with Crippen molar-refractivity contribution in [2.24, 2.45) is 0 Å². The van der Waals surface area contributed by atoms with Crippen molar-refractivity contribution in [3.63, 3.8) is 0 Å². The van der Waals surface area contributed by atoms with E-state index in [4.69, 9.17) is 24.1 Å². The third-order valence-electron chi connectivity index (χ3n) is 5.09. The van der Waals surface area contributed by atoms with Gasteiger partial charge in [-0.25, -0.2) is 9.59 Å². The van der Waals surface area contributed by atoms with Crippen molar-refractivity contribution in [3.05, 3.63) is 72.3 Å². The summed E-state index contributed by atoms with van der Waals surface area (Å²) in [6.07, 6.45) is -0.519. The Bertz CT molecular complexity index is 1220. The van der Waals surface area contributed by atoms with E-state index in [1.807, 2.05) is 0 Å². The Morgan fingerprint density at radius 2 is 1.82 bits per heavy atom. The van der Waals surface area contributed by atoms with Crippen LogP contribution in [0.25, 0.3) is 10.8 Å². The van der Waals surface area contributed by atoms with Gasteiger partial charge in [0.05, 0.1) is 0 Å². The Balaban J connectivity index is 1.67. The third kappa shape index (κ3) is 4.83. The summed E-state index contributed by atoms with van der Waals surface area (Å²) in [6.45, 7) is 0.102. The number of rotatable bonds is 7. The average molecular weight is 451 g/mol. The highest BCUT2D eigenvalue weighted by molar-refractivity contribution is 5.92. The number of carboxylic acid groups (broad SMARTS) is 1. The lowest BCUT2D eigenvalue weighted by Crippen LogP contribution is -2.27. The van der Waals surface area contributed by atoms with Gasteiger partial charge in [0.1, 0.15) is 11.9 Å². The second-order valence-corrected chi connectivity index (χ2v) is 7.14. The molecule has 9 nitrogen and oxygen atoms in total. The fourth-order valence-corrected chi connectivity index (χ4v) is 3.58. The zero-order chi connectivity index (χ0) is 23.4. The van der Waals surface area contributed by atoms with Crippen LogP contribution in [-0.2, 0) is 14.3 Å². The zero-order valence-corrected chi connectivity index (χ0v) is 17.6. The first-order valence-electron chi connectivity index (χ1n) is 9.98. The lowest BCUT2D eigenvalue weighted by molar-refractivity contribution is -0.131. The fraction of sp³-hybridized carbons (Fsp3) is 0.167. The molecule has 1 amide bonds. The van der Waals surface area contributed by atoms with Crippen LogP contribution < -0.4 is 14.8 Å². The highest BCUT2D eigenvalue weighted by Gasteiger charge is 2.28. The summed E-state index contributed by atoms with van der Waals surface area (Å²) in [6, 6.07) is 15.0. The van der Waals surface area contributed by atoms with Gasteiger partial charge in [-0.15, -0.1) is 0 Å². The van der Waals surface area contributed by atoms with Gasteiger partial charge in [0, 0.05) is 35.9 Å². The molecule has 2 atom stereocenters. The monoisotopic (exact) mass is 451 g/mol. The van der Waals surface area contributed by atoms with Crippen LogP contribution in [-0.4, -0.2) is 42.3 Å². The number of ether oxygens (including phenoxy) is 4. The SMILES string of the molecule is CO[C@@H](/C=C/C(=O)O)[C@@H](OC(=O)Nc1ccc2c(c1)OCO2)c1ccc(O)c2ccccc12. The van der Waals surface area contributed by atoms with E-state index in [0.717, 1.165) is 6.08 Å². The van der Waals surface area contributed by atoms with E-state index in [9.17, 15) is 14.7 Å². The van der Waals surface area contributed by atoms with Crippen molar-refractivity contribution < 1.29 is 38.7 Å². The molecule has 4 rings (SSSR count). The number of carbonyl (C=O) groups excluding carboxylic acids is 1. The fourth-order valence-electron chi connectivity index (χ4n) is 3.58. The number of aromatic hydroxyl groups is 1. The molecule has 170 valence electrons. The molecule has 0 spiro atoms. The van der Waals surface area contributed by atoms with E-state index in [0.29, 0.717) is 33.5 Å². The highest BCUT2D eigenvalue weighted by atomic mass is 16.7. The van der Waals surface area contributed by atoms with Gasteiger partial charge in [0.25, 0.3) is 0 Å². The summed E-state index contributed by atoms with van der Waals surface area (Å²) in [5.41, 5.74) is 0.958. The summed E-state index contributed by atoms with van der Waals surface area (Å²) < 4.78 is 21.8. The first-order chi connectivity index (χ1) is 16.0. The van der Waals surface area contributed by atoms with Crippen molar-refractivity contribution in [1.82, 2.24) is 0 Å². The number of amides is 1. The molecular weight excluding hydrogens is 430 g/mol. The smallest absolute Gasteiger partial charge is 0.412 e. The van der Waals surface area contributed by atoms with E-state index in [2.05, 4.69) is 5.32 Å². The molecule has 0 aromatic heterocycles. The Labute approximate surface area is 188 Å². The summed E-state index contributed by atoms with van der Waals surface area (Å²) >= 11 is 0. The van der Waals surface area contributed by atoms with Crippen LogP contribution >= 0.6 is 0 Å². The van der Waals surface area contributed by atoms with Crippen LogP contribution in [0.5, 0.6) is 17.2 Å². The van der Waals surface area contributed by atoms with Crippen molar-refractivity contribution in [3.8, 4) is 17.2 Å². The molecule has 3 aromatic rings. The summed E-state index contributed by atoms with van der Waals surface area (Å²) in [5, 5.41) is 23.1. The molecule has 0 aliphatic carbocycles. The molecule has 0 saturated carbocycles. The summed E-state index contributed by atoms with van der Waals surface area (Å²) in [5.74, 6) is -0.0437. The molecule has 33 heavy (non-hydrogen) atoms. The molecular formula is C24H21NO8. The molecule has 3 aromatic carbocycles. The molecule has 0 fully saturated rings. The number of methoxy groups -OCH3 is 1. The second-order valence-electron chi connectivity index (χ2n) is 7.14. The zero-order valence-electron chi connectivity index (χ0n) is 17.6. The van der Waals surface area contributed by atoms with E-state index in [1.54, 1.807) is 48.5 Å². The number of hydrogen-bond donors (Lipinski definition) is 3. The second kappa shape index (κ2) is 9.49. The molecule has 1 heterocycles. The molecule has 1 aliphatic heterocycles. The number of phenolic OH excluding ortho intramolecular Hbond substituents is 1. The largest absolute Gasteiger partial charge is 0.507 e. The van der Waals surface area contributed by atoms with Crippen LogP contribution in [0, 0.1) is 0 Å². The third-order valence-corrected chi connectivity index (χ3v) is 5.09. The molecule has 1 aliphatic rings. The number of carbonyl (C=O) groups is 2. The van der Waals surface area contributed by atoms with E-state index in [1.165, 1.54) is 19.3 Å². The van der Waals surface area contributed by atoms with E-state index >= 15 is 0 Å². The van der Waals surface area contributed by atoms with Gasteiger partial charge in [-0.1, -0.05) is 30.3 Å². The van der Waals surface area contributed by atoms with Crippen LogP contribution in [0.3, 0.4) is 0 Å². The standard InChI is InChI=1S/C24H21NO8/c1-30-20(10-11-22(27)28)23(17-7-8-18(26)16-5-3-2-4-15(16)17)33-24(29)25-14-6-9-19-21(12-14)32-13-31-19/h2-12,20,23,26H,13H2,1H3,(H,25,29)(H,27,28)/b11-10+/t20-,23-/m0/s1. The first-order valence-corrected chi connectivity index (χ1v) is 9.98. The minimum atomic E-state index is -1.17. The average Bonchev–Trinajstić information content (AvgIpc) is 3.27. The Hall–Kier alpha value is -4.24. The van der Waals surface area contributed by atoms with E-state index in [-0.39, 0.29) is 12.5 Å². The van der Waals surface area contributed by atoms with Gasteiger partial charge in [0.15, 0.2) is 17.6 Å². The number of hydrogen-bond acceptors (Lipinski definition) is 7. The number of carboxylic acids is 1. The van der Waals surface area contributed by atoms with Crippen LogP contribution in [0.4, 0.5) is 10.5 Å². The lowest BCUT2D eigenvalue weighted by atomic mass is 9.96. The van der Waals surface area contributed by atoms with Crippen LogP contribution in [0.1, 0.15) is 11.7 Å². The molecule has 0 saturated heterocycles. The summed E-state index contributed by atoms with van der Waals surface area (Å²) in [7, 11) is 1.38. The lowest BCUT2D eigenvalue weighted by Gasteiger charge is -2.25. The Morgan fingerprint density at radius 1 is 1.06 bits per heavy atom. The van der Waals surface area contributed by atoms with Crippen molar-refractivity contribution in [1.29, 1.82) is 0 Å². The topological polar surface area (TPSA) is 124 Å². The Morgan fingerprint density at radius 3 is 2.58 bits per heavy atom. The van der Waals surface area contributed by atoms with Crippen LogP contribution in [0.15, 0.2) is 66.7 Å². The molecule has 9 heteroatoms. The van der Waals surface area contributed by atoms with Crippen molar-refractivity contribution in [2.75, 3.05) is 19.2 Å². The minimum absolute atomic E-state index is 0.0629. The number of nitrogens with one attached hydrogen (secondary N) is 1. The van der Waals surface area contributed by atoms with Gasteiger partial charge in [-0.2, -0.15) is 0 Å². The van der Waals surface area contributed by atoms with Gasteiger partial charge in [-0.3, -0.25) is 5.32 Å². The maximum Gasteiger partial charge on any atom is 0.412 e. The first kappa shape index (κ1) is 22.0. The number of phenols is 1. The van der Waals surface area contributed by atoms with Crippen molar-refractivity contribution >= 4 is 28.5 Å². The molecule has 3 N–H and O–H groups in total. The predicted octanol–water partition coefficient (Wildman–Crippen LogP) is 4.22. The minimum Gasteiger partial charge on any atom is -0.507 e. The summed E-state index contributed by atoms with van der Waals surface area (Å²) in [4.78, 5) is 23.9. The number of anilines is 1. The maximum absolute atomic E-state index is 12.8. The van der Waals surface area contributed by atoms with Gasteiger partial charge >= 0.3 is 12.1 Å². The van der Waals surface area contributed by atoms with Crippen LogP contribution in [0.2, 0.25) is 0 Å². The number of fused-ring (bicyclic) bond motifs is 2. The van der Waals surface area contributed by atoms with Gasteiger partial charge in [-0.05, 0) is 29.7 Å². The normalized spacial score (nSPS) is 14.2. The quantitative estimate of drug-likeness (QED) is 0.456. The predicted molar refractivity (Wildman–Crippen MR) is 119 cm³/mol. The Kier molecular flexibility index (Phi) is 6.32. The van der Waals surface area contributed by atoms with E-state index < -0.39 is 24.3 Å². The molecule has 0 radical (unpaired) electrons. The van der Waals surface area contributed by atoms with Gasteiger partial charge < -0.3 is 29.2 Å². The number of aliphatic carboxylic acids is 1. The van der Waals surface area contributed by atoms with Gasteiger partial charge in [0.2, 0.25) is 6.79 Å². The molecule has 0 unspecified atom stereocenters. The number of benzene rings is 3. The maximum atomic E-state index is 12.8. The van der Waals surface area contributed by atoms with Crippen molar-refractivity contribution in [2.45, 2.75) is 12.2 Å². The molecule has 0 bridgehead atoms. The highest BCUT2D eigenvalue weighted by Crippen LogP contribution is 2.36.